The molecule has 0 bridgehead atoms. The molecule has 0 spiro atoms. The maximum atomic E-state index is 13.8. The molecule has 0 radical (unpaired) electrons. The number of carbonyl (C=O) groups is 4. The molecule has 1 saturated carbocycles. The number of ether oxygens (including phenoxy) is 2. The lowest BCUT2D eigenvalue weighted by Gasteiger charge is -2.34. The number of esters is 1. The van der Waals surface area contributed by atoms with Crippen molar-refractivity contribution in [3.63, 3.8) is 0 Å². The van der Waals surface area contributed by atoms with Crippen molar-refractivity contribution >= 4 is 50.6 Å². The van der Waals surface area contributed by atoms with Gasteiger partial charge < -0.3 is 24.6 Å². The van der Waals surface area contributed by atoms with E-state index >= 15 is 0 Å². The molecule has 1 heterocycles. The summed E-state index contributed by atoms with van der Waals surface area (Å²) >= 11 is 0. The minimum absolute atomic E-state index is 0.0581. The number of benzene rings is 2. The number of amides is 3. The van der Waals surface area contributed by atoms with Gasteiger partial charge in [-0.05, 0) is 68.4 Å². The standard InChI is InChI=1S/C31H42N6O8S/c1-3-44-28(39)20-37(24-12-13-24)29(40)26(35-46(42,43)25-14-11-22-9-5-6-10-23(22)16-25)17-27(38)33-18-21-8-7-15-36(19-21)30(32)34-31(41)45-4-2/h5-6,9-11,14,16,21,24,26,35H,3-4,7-8,12-13,15,17-20H2,1-2H3,(H,33,38)(H2,32,34,41)/t21-,26-/m0/s1. The largest absolute Gasteiger partial charge is 0.465 e. The van der Waals surface area contributed by atoms with Crippen molar-refractivity contribution < 1.29 is 37.1 Å². The Bertz CT molecular complexity index is 1550. The lowest BCUT2D eigenvalue weighted by Crippen LogP contribution is -2.53. The first-order valence-electron chi connectivity index (χ1n) is 15.5. The lowest BCUT2D eigenvalue weighted by molar-refractivity contribution is -0.150. The van der Waals surface area contributed by atoms with Crippen LogP contribution in [0.15, 0.2) is 47.4 Å². The SMILES string of the molecule is CCOC(=O)CN(C(=O)[C@H](CC(=O)NC[C@@H]1CCCN(C(=N)NC(=O)OCC)C1)NS(=O)(=O)c1ccc2ccccc2c1)C1CC1. The first kappa shape index (κ1) is 34.6. The van der Waals surface area contributed by atoms with Gasteiger partial charge in [-0.25, -0.2) is 13.2 Å². The molecule has 2 fully saturated rings. The van der Waals surface area contributed by atoms with E-state index in [0.29, 0.717) is 31.3 Å². The van der Waals surface area contributed by atoms with Gasteiger partial charge in [-0.2, -0.15) is 4.72 Å². The minimum atomic E-state index is -4.25. The zero-order valence-electron chi connectivity index (χ0n) is 26.1. The van der Waals surface area contributed by atoms with Gasteiger partial charge in [0, 0.05) is 25.7 Å². The highest BCUT2D eigenvalue weighted by molar-refractivity contribution is 7.89. The first-order chi connectivity index (χ1) is 22.0. The number of alkyl carbamates (subject to hydrolysis) is 1. The number of likely N-dealkylation sites (tertiary alicyclic amines) is 1. The van der Waals surface area contributed by atoms with E-state index in [4.69, 9.17) is 14.9 Å². The normalized spacial score (nSPS) is 17.1. The van der Waals surface area contributed by atoms with E-state index in [0.717, 1.165) is 18.2 Å². The second-order valence-electron chi connectivity index (χ2n) is 11.3. The highest BCUT2D eigenvalue weighted by Gasteiger charge is 2.39. The Morgan fingerprint density at radius 2 is 1.74 bits per heavy atom. The van der Waals surface area contributed by atoms with Gasteiger partial charge in [-0.15, -0.1) is 0 Å². The number of guanidine groups is 1. The molecule has 1 saturated heterocycles. The monoisotopic (exact) mass is 658 g/mol. The summed E-state index contributed by atoms with van der Waals surface area (Å²) in [4.78, 5) is 54.0. The molecule has 3 amide bonds. The van der Waals surface area contributed by atoms with Crippen LogP contribution < -0.4 is 15.4 Å². The zero-order chi connectivity index (χ0) is 33.3. The Balaban J connectivity index is 1.46. The summed E-state index contributed by atoms with van der Waals surface area (Å²) in [6.45, 7) is 4.44. The third kappa shape index (κ3) is 9.63. The van der Waals surface area contributed by atoms with Crippen LogP contribution in [-0.2, 0) is 33.9 Å². The number of fused-ring (bicyclic) bond motifs is 1. The third-order valence-electron chi connectivity index (χ3n) is 7.81. The molecule has 4 rings (SSSR count). The van der Waals surface area contributed by atoms with Crippen LogP contribution in [0.1, 0.15) is 46.0 Å². The second-order valence-corrected chi connectivity index (χ2v) is 13.1. The molecule has 15 heteroatoms. The molecular formula is C31H42N6O8S. The van der Waals surface area contributed by atoms with Crippen LogP contribution in [0.4, 0.5) is 4.79 Å². The number of rotatable bonds is 13. The Morgan fingerprint density at radius 1 is 1.02 bits per heavy atom. The summed E-state index contributed by atoms with van der Waals surface area (Å²) in [5, 5.41) is 14.9. The van der Waals surface area contributed by atoms with Crippen LogP contribution in [-0.4, -0.2) is 99.5 Å². The highest BCUT2D eigenvalue weighted by Crippen LogP contribution is 2.28. The Kier molecular flexibility index (Phi) is 11.9. The lowest BCUT2D eigenvalue weighted by atomic mass is 9.98. The molecule has 1 aliphatic heterocycles. The van der Waals surface area contributed by atoms with Crippen molar-refractivity contribution in [2.45, 2.75) is 62.9 Å². The van der Waals surface area contributed by atoms with E-state index in [2.05, 4.69) is 15.4 Å². The average molecular weight is 659 g/mol. The van der Waals surface area contributed by atoms with Crippen molar-refractivity contribution in [2.24, 2.45) is 5.92 Å². The quantitative estimate of drug-likeness (QED) is 0.142. The predicted octanol–water partition coefficient (Wildman–Crippen LogP) is 1.94. The Hall–Kier alpha value is -4.24. The van der Waals surface area contributed by atoms with Gasteiger partial charge in [0.2, 0.25) is 27.8 Å². The first-order valence-corrected chi connectivity index (χ1v) is 17.0. The van der Waals surface area contributed by atoms with Crippen LogP contribution >= 0.6 is 0 Å². The molecule has 46 heavy (non-hydrogen) atoms. The maximum absolute atomic E-state index is 13.8. The minimum Gasteiger partial charge on any atom is -0.465 e. The van der Waals surface area contributed by atoms with Crippen molar-refractivity contribution in [2.75, 3.05) is 39.4 Å². The van der Waals surface area contributed by atoms with Gasteiger partial charge >= 0.3 is 12.1 Å². The molecular weight excluding hydrogens is 616 g/mol. The molecule has 2 aliphatic rings. The van der Waals surface area contributed by atoms with E-state index < -0.39 is 46.4 Å². The Morgan fingerprint density at radius 3 is 2.43 bits per heavy atom. The summed E-state index contributed by atoms with van der Waals surface area (Å²) in [6, 6.07) is 10.1. The van der Waals surface area contributed by atoms with Crippen molar-refractivity contribution in [1.82, 2.24) is 25.2 Å². The van der Waals surface area contributed by atoms with E-state index in [1.807, 2.05) is 12.1 Å². The number of nitrogens with one attached hydrogen (secondary N) is 4. The summed E-state index contributed by atoms with van der Waals surface area (Å²) in [7, 11) is -4.25. The number of piperidine rings is 1. The fourth-order valence-electron chi connectivity index (χ4n) is 5.38. The topological polar surface area (TPSA) is 187 Å². The number of nitrogens with zero attached hydrogens (tertiary/aromatic N) is 2. The van der Waals surface area contributed by atoms with Gasteiger partial charge in [-0.3, -0.25) is 25.1 Å². The molecule has 2 atom stereocenters. The summed E-state index contributed by atoms with van der Waals surface area (Å²) in [5.41, 5.74) is 0. The van der Waals surface area contributed by atoms with E-state index in [1.54, 1.807) is 36.9 Å². The fraction of sp³-hybridized carbons (Fsp3) is 0.516. The van der Waals surface area contributed by atoms with E-state index in [1.165, 1.54) is 17.0 Å². The smallest absolute Gasteiger partial charge is 0.413 e. The number of sulfonamides is 1. The molecule has 250 valence electrons. The van der Waals surface area contributed by atoms with Crippen molar-refractivity contribution in [3.05, 3.63) is 42.5 Å². The second kappa shape index (κ2) is 15.9. The van der Waals surface area contributed by atoms with Gasteiger partial charge in [0.1, 0.15) is 12.6 Å². The van der Waals surface area contributed by atoms with Gasteiger partial charge in [0.25, 0.3) is 0 Å². The molecule has 0 unspecified atom stereocenters. The molecule has 4 N–H and O–H groups in total. The van der Waals surface area contributed by atoms with Crippen LogP contribution in [0, 0.1) is 11.3 Å². The summed E-state index contributed by atoms with van der Waals surface area (Å²) < 4.78 is 39.4. The molecule has 14 nitrogen and oxygen atoms in total. The van der Waals surface area contributed by atoms with E-state index in [9.17, 15) is 27.6 Å². The average Bonchev–Trinajstić information content (AvgIpc) is 3.87. The molecule has 2 aromatic rings. The third-order valence-corrected chi connectivity index (χ3v) is 9.28. The van der Waals surface area contributed by atoms with Crippen LogP contribution in [0.3, 0.4) is 0 Å². The maximum Gasteiger partial charge on any atom is 0.413 e. The Labute approximate surface area is 268 Å². The zero-order valence-corrected chi connectivity index (χ0v) is 26.9. The fourth-order valence-corrected chi connectivity index (χ4v) is 6.61. The van der Waals surface area contributed by atoms with Gasteiger partial charge in [0.05, 0.1) is 24.5 Å². The highest BCUT2D eigenvalue weighted by atomic mass is 32.2. The molecule has 2 aromatic carbocycles. The summed E-state index contributed by atoms with van der Waals surface area (Å²) in [6.07, 6.45) is 1.58. The van der Waals surface area contributed by atoms with Crippen LogP contribution in [0.25, 0.3) is 10.8 Å². The number of carbonyl (C=O) groups excluding carboxylic acids is 4. The van der Waals surface area contributed by atoms with Gasteiger partial charge in [0.15, 0.2) is 0 Å². The molecule has 0 aromatic heterocycles. The van der Waals surface area contributed by atoms with Gasteiger partial charge in [-0.1, -0.05) is 30.3 Å². The van der Waals surface area contributed by atoms with Crippen molar-refractivity contribution in [1.29, 1.82) is 5.41 Å². The number of hydrogen-bond acceptors (Lipinski definition) is 9. The van der Waals surface area contributed by atoms with Crippen LogP contribution in [0.5, 0.6) is 0 Å². The summed E-state index contributed by atoms with van der Waals surface area (Å²) in [5.74, 6) is -2.00. The van der Waals surface area contributed by atoms with E-state index in [-0.39, 0.29) is 49.1 Å². The van der Waals surface area contributed by atoms with Crippen molar-refractivity contribution in [3.8, 4) is 0 Å². The predicted molar refractivity (Wildman–Crippen MR) is 169 cm³/mol. The van der Waals surface area contributed by atoms with Crippen LogP contribution in [0.2, 0.25) is 0 Å². The molecule has 1 aliphatic carbocycles. The number of hydrogen-bond donors (Lipinski definition) is 4.